The molecular weight excluding hydrogens is 464 g/mol. The first-order valence-corrected chi connectivity index (χ1v) is 11.6. The number of fused-ring (bicyclic) bond motifs is 1. The van der Waals surface area contributed by atoms with Gasteiger partial charge in [0.15, 0.2) is 17.3 Å². The Morgan fingerprint density at radius 2 is 1.81 bits per heavy atom. The van der Waals surface area contributed by atoms with Crippen LogP contribution in [0.3, 0.4) is 0 Å². The molecule has 3 aromatic rings. The molecule has 4 rings (SSSR count). The Morgan fingerprint density at radius 1 is 1.08 bits per heavy atom. The number of hydrazine groups is 1. The molecule has 0 aliphatic carbocycles. The average molecular weight is 495 g/mol. The minimum absolute atomic E-state index is 0.00580. The van der Waals surface area contributed by atoms with Crippen molar-refractivity contribution in [1.29, 1.82) is 0 Å². The topological polar surface area (TPSA) is 132 Å². The molecule has 1 amide bonds. The zero-order valence-corrected chi connectivity index (χ0v) is 20.6. The second kappa shape index (κ2) is 11.1. The van der Waals surface area contributed by atoms with Crippen LogP contribution in [0.1, 0.15) is 18.9 Å². The zero-order valence-electron chi connectivity index (χ0n) is 20.6. The molecule has 1 saturated heterocycles. The summed E-state index contributed by atoms with van der Waals surface area (Å²) in [4.78, 5) is 36.2. The molecular formula is C25H30N6O5. The monoisotopic (exact) mass is 494 g/mol. The van der Waals surface area contributed by atoms with Crippen LogP contribution >= 0.6 is 0 Å². The third-order valence-corrected chi connectivity index (χ3v) is 6.04. The molecule has 0 radical (unpaired) electrons. The van der Waals surface area contributed by atoms with Gasteiger partial charge in [-0.25, -0.2) is 14.8 Å². The van der Waals surface area contributed by atoms with E-state index >= 15 is 0 Å². The first-order chi connectivity index (χ1) is 17.4. The highest BCUT2D eigenvalue weighted by Gasteiger charge is 2.34. The summed E-state index contributed by atoms with van der Waals surface area (Å²) in [6, 6.07) is 12.3. The molecule has 0 spiro atoms. The van der Waals surface area contributed by atoms with Crippen LogP contribution in [-0.4, -0.2) is 66.7 Å². The smallest absolute Gasteiger partial charge is 0.422 e. The quantitative estimate of drug-likeness (QED) is 0.481. The summed E-state index contributed by atoms with van der Waals surface area (Å²) < 4.78 is 16.1. The van der Waals surface area contributed by atoms with Crippen LogP contribution in [0.15, 0.2) is 42.5 Å². The third kappa shape index (κ3) is 5.41. The number of carbonyl (C=O) groups is 2. The van der Waals surface area contributed by atoms with Gasteiger partial charge in [-0.3, -0.25) is 10.2 Å². The molecule has 2 aromatic carbocycles. The number of benzene rings is 2. The van der Waals surface area contributed by atoms with E-state index in [1.54, 1.807) is 38.3 Å². The number of nitrogen functional groups attached to an aromatic ring is 1. The molecule has 1 fully saturated rings. The zero-order chi connectivity index (χ0) is 25.7. The van der Waals surface area contributed by atoms with Crippen molar-refractivity contribution >= 4 is 34.5 Å². The minimum Gasteiger partial charge on any atom is -0.493 e. The van der Waals surface area contributed by atoms with Crippen LogP contribution in [0, 0.1) is 0 Å². The van der Waals surface area contributed by atoms with E-state index < -0.39 is 12.1 Å². The molecule has 36 heavy (non-hydrogen) atoms. The van der Waals surface area contributed by atoms with E-state index in [9.17, 15) is 9.59 Å². The van der Waals surface area contributed by atoms with Gasteiger partial charge >= 0.3 is 6.09 Å². The summed E-state index contributed by atoms with van der Waals surface area (Å²) in [5.74, 6) is 1.63. The summed E-state index contributed by atoms with van der Waals surface area (Å²) >= 11 is 0. The maximum Gasteiger partial charge on any atom is 0.422 e. The van der Waals surface area contributed by atoms with Gasteiger partial charge in [-0.1, -0.05) is 37.3 Å². The van der Waals surface area contributed by atoms with Crippen molar-refractivity contribution < 1.29 is 23.8 Å². The largest absolute Gasteiger partial charge is 0.493 e. The number of hydrogen-bond acceptors (Lipinski definition) is 10. The van der Waals surface area contributed by atoms with E-state index in [0.29, 0.717) is 47.9 Å². The van der Waals surface area contributed by atoms with Gasteiger partial charge in [-0.2, -0.15) is 4.98 Å². The molecule has 190 valence electrons. The van der Waals surface area contributed by atoms with Crippen molar-refractivity contribution in [3.63, 3.8) is 0 Å². The lowest BCUT2D eigenvalue weighted by molar-refractivity contribution is -0.121. The van der Waals surface area contributed by atoms with Gasteiger partial charge < -0.3 is 24.8 Å². The van der Waals surface area contributed by atoms with Crippen molar-refractivity contribution in [2.45, 2.75) is 26.0 Å². The second-order valence-electron chi connectivity index (χ2n) is 8.28. The predicted octanol–water partition coefficient (Wildman–Crippen LogP) is 2.54. The van der Waals surface area contributed by atoms with Crippen LogP contribution < -0.4 is 25.5 Å². The Hall–Kier alpha value is -4.12. The molecule has 2 heterocycles. The van der Waals surface area contributed by atoms with E-state index in [1.807, 2.05) is 35.2 Å². The lowest BCUT2D eigenvalue weighted by Gasteiger charge is -2.40. The molecule has 0 bridgehead atoms. The Morgan fingerprint density at radius 3 is 2.50 bits per heavy atom. The molecule has 1 unspecified atom stereocenters. The van der Waals surface area contributed by atoms with E-state index in [4.69, 9.17) is 19.9 Å². The maximum absolute atomic E-state index is 12.9. The number of nitrogens with one attached hydrogen (secondary N) is 1. The number of anilines is 2. The van der Waals surface area contributed by atoms with Crippen LogP contribution in [0.25, 0.3) is 10.9 Å². The van der Waals surface area contributed by atoms with E-state index in [0.717, 1.165) is 5.56 Å². The van der Waals surface area contributed by atoms with Gasteiger partial charge in [-0.15, -0.1) is 0 Å². The van der Waals surface area contributed by atoms with Gasteiger partial charge in [-0.05, 0) is 11.6 Å². The molecule has 11 heteroatoms. The van der Waals surface area contributed by atoms with Gasteiger partial charge in [0.1, 0.15) is 18.5 Å². The molecule has 1 aromatic heterocycles. The third-order valence-electron chi connectivity index (χ3n) is 6.04. The Kier molecular flexibility index (Phi) is 7.69. The fraction of sp³-hybridized carbons (Fsp3) is 0.360. The molecule has 1 atom stereocenters. The number of Topliss-reactive ketones (excluding diaryl/α,β-unsaturated/α-hetero) is 1. The van der Waals surface area contributed by atoms with Crippen molar-refractivity contribution in [2.75, 3.05) is 44.5 Å². The lowest BCUT2D eigenvalue weighted by Crippen LogP contribution is -2.61. The maximum atomic E-state index is 12.9. The van der Waals surface area contributed by atoms with Crippen LogP contribution in [0.4, 0.5) is 16.6 Å². The molecule has 3 N–H and O–H groups in total. The summed E-state index contributed by atoms with van der Waals surface area (Å²) in [6.07, 6.45) is -0.260. The average Bonchev–Trinajstić information content (AvgIpc) is 2.91. The summed E-state index contributed by atoms with van der Waals surface area (Å²) in [5, 5.41) is 2.30. The van der Waals surface area contributed by atoms with E-state index in [2.05, 4.69) is 15.4 Å². The Balaban J connectivity index is 1.51. The van der Waals surface area contributed by atoms with Crippen LogP contribution in [0.2, 0.25) is 0 Å². The number of carbonyl (C=O) groups excluding carboxylic acids is 2. The van der Waals surface area contributed by atoms with Gasteiger partial charge in [0, 0.05) is 37.5 Å². The Labute approximate surface area is 209 Å². The lowest BCUT2D eigenvalue weighted by atomic mass is 10.1. The molecule has 0 saturated carbocycles. The molecule has 11 nitrogen and oxygen atoms in total. The highest BCUT2D eigenvalue weighted by Crippen LogP contribution is 2.34. The highest BCUT2D eigenvalue weighted by atomic mass is 16.6. The van der Waals surface area contributed by atoms with Gasteiger partial charge in [0.05, 0.1) is 19.7 Å². The van der Waals surface area contributed by atoms with E-state index in [1.165, 1.54) is 0 Å². The fourth-order valence-electron chi connectivity index (χ4n) is 4.11. The number of rotatable bonds is 8. The summed E-state index contributed by atoms with van der Waals surface area (Å²) in [6.45, 7) is 3.03. The fourth-order valence-corrected chi connectivity index (χ4v) is 4.11. The number of ketones is 1. The predicted molar refractivity (Wildman–Crippen MR) is 135 cm³/mol. The summed E-state index contributed by atoms with van der Waals surface area (Å²) in [7, 11) is 3.09. The van der Waals surface area contributed by atoms with Crippen molar-refractivity contribution in [3.8, 4) is 11.5 Å². The number of ether oxygens (including phenoxy) is 3. The number of methoxy groups -OCH3 is 2. The molecule has 1 aliphatic rings. The van der Waals surface area contributed by atoms with Crippen LogP contribution in [0.5, 0.6) is 11.5 Å². The van der Waals surface area contributed by atoms with Crippen molar-refractivity contribution in [2.24, 2.45) is 0 Å². The molecule has 1 aliphatic heterocycles. The van der Waals surface area contributed by atoms with Crippen molar-refractivity contribution in [1.82, 2.24) is 20.4 Å². The normalized spacial score (nSPS) is 16.0. The minimum atomic E-state index is -0.581. The summed E-state index contributed by atoms with van der Waals surface area (Å²) in [5.41, 5.74) is 10.5. The van der Waals surface area contributed by atoms with Crippen LogP contribution in [-0.2, 0) is 16.1 Å². The first-order valence-electron chi connectivity index (χ1n) is 11.6. The standard InChI is InChI=1S/C25H30N6O5/c1-4-20(32)19-14-30(29-25(33)36-15-16-8-6-5-7-9-16)10-11-31(19)24-27-18-13-22(35-3)21(34-2)12-17(18)23(26)28-24/h5-9,12-13,19H,4,10-11,14-15H2,1-3H3,(H,29,33)(H2,26,27,28). The number of nitrogens with two attached hydrogens (primary N) is 1. The number of amides is 1. The second-order valence-corrected chi connectivity index (χ2v) is 8.28. The number of hydrogen-bond donors (Lipinski definition) is 2. The number of nitrogens with zero attached hydrogens (tertiary/aromatic N) is 4. The first kappa shape index (κ1) is 25.0. The van der Waals surface area contributed by atoms with Gasteiger partial charge in [0.2, 0.25) is 5.95 Å². The Bertz CT molecular complexity index is 1240. The number of aromatic nitrogens is 2. The van der Waals surface area contributed by atoms with E-state index in [-0.39, 0.29) is 24.8 Å². The van der Waals surface area contributed by atoms with Crippen molar-refractivity contribution in [3.05, 3.63) is 48.0 Å². The SMILES string of the molecule is CCC(=O)C1CN(NC(=O)OCc2ccccc2)CCN1c1nc(N)c2cc(OC)c(OC)cc2n1. The van der Waals surface area contributed by atoms with Gasteiger partial charge in [0.25, 0.3) is 0 Å². The number of piperazine rings is 1. The highest BCUT2D eigenvalue weighted by molar-refractivity contribution is 5.92.